The molecule has 18 heavy (non-hydrogen) atoms. The zero-order chi connectivity index (χ0) is 13.1. The maximum absolute atomic E-state index is 4.52. The van der Waals surface area contributed by atoms with Crippen LogP contribution < -0.4 is 5.32 Å². The number of imidazole rings is 1. The maximum atomic E-state index is 4.52. The van der Waals surface area contributed by atoms with E-state index in [0.29, 0.717) is 6.04 Å². The Kier molecular flexibility index (Phi) is 4.44. The lowest BCUT2D eigenvalue weighted by Crippen LogP contribution is -2.31. The Morgan fingerprint density at radius 1 is 1.22 bits per heavy atom. The van der Waals surface area contributed by atoms with Crippen LogP contribution in [0.25, 0.3) is 0 Å². The molecule has 0 aliphatic heterocycles. The fourth-order valence-corrected chi connectivity index (χ4v) is 3.40. The first kappa shape index (κ1) is 13.6. The molecule has 1 atom stereocenters. The normalized spacial score (nSPS) is 26.5. The minimum absolute atomic E-state index is 0.415. The highest BCUT2D eigenvalue weighted by Crippen LogP contribution is 2.38. The van der Waals surface area contributed by atoms with Gasteiger partial charge < -0.3 is 9.88 Å². The van der Waals surface area contributed by atoms with Crippen LogP contribution in [0, 0.1) is 17.8 Å². The summed E-state index contributed by atoms with van der Waals surface area (Å²) in [6.45, 7) is 4.72. The molecule has 0 radical (unpaired) electrons. The van der Waals surface area contributed by atoms with Gasteiger partial charge in [-0.25, -0.2) is 4.98 Å². The van der Waals surface area contributed by atoms with Gasteiger partial charge in [0.05, 0.1) is 6.04 Å². The number of hydrogen-bond donors (Lipinski definition) is 1. The second-order valence-electron chi connectivity index (χ2n) is 6.08. The first-order chi connectivity index (χ1) is 8.63. The summed E-state index contributed by atoms with van der Waals surface area (Å²) < 4.78 is 2.15. The molecule has 1 aliphatic carbocycles. The van der Waals surface area contributed by atoms with Crippen LogP contribution in [0.3, 0.4) is 0 Å². The van der Waals surface area contributed by atoms with Crippen molar-refractivity contribution in [3.8, 4) is 0 Å². The van der Waals surface area contributed by atoms with E-state index in [0.717, 1.165) is 17.8 Å². The van der Waals surface area contributed by atoms with E-state index in [1.807, 2.05) is 12.4 Å². The Labute approximate surface area is 111 Å². The molecule has 1 N–H and O–H groups in total. The predicted octanol–water partition coefficient (Wildman–Crippen LogP) is 3.14. The summed E-state index contributed by atoms with van der Waals surface area (Å²) in [5.74, 6) is 3.70. The van der Waals surface area contributed by atoms with Crippen molar-refractivity contribution in [1.82, 2.24) is 14.9 Å². The Balaban J connectivity index is 2.01. The fraction of sp³-hybridized carbons (Fsp3) is 0.800. The zero-order valence-corrected chi connectivity index (χ0v) is 12.2. The third-order valence-electron chi connectivity index (χ3n) is 4.68. The van der Waals surface area contributed by atoms with Crippen molar-refractivity contribution in [3.05, 3.63) is 18.2 Å². The van der Waals surface area contributed by atoms with E-state index >= 15 is 0 Å². The van der Waals surface area contributed by atoms with Crippen molar-refractivity contribution in [3.63, 3.8) is 0 Å². The SMILES string of the molecule is CNC(c1nccn1C)C1CCC(C(C)C)CC1. The minimum atomic E-state index is 0.415. The molecule has 0 spiro atoms. The van der Waals surface area contributed by atoms with Gasteiger partial charge in [-0.05, 0) is 50.5 Å². The largest absolute Gasteiger partial charge is 0.337 e. The Bertz CT molecular complexity index is 362. The van der Waals surface area contributed by atoms with Crippen LogP contribution in [0.15, 0.2) is 12.4 Å². The van der Waals surface area contributed by atoms with Crippen molar-refractivity contribution in [2.24, 2.45) is 24.8 Å². The molecule has 1 unspecified atom stereocenters. The van der Waals surface area contributed by atoms with E-state index in [1.54, 1.807) is 0 Å². The van der Waals surface area contributed by atoms with Crippen molar-refractivity contribution in [2.75, 3.05) is 7.05 Å². The fourth-order valence-electron chi connectivity index (χ4n) is 3.40. The third kappa shape index (κ3) is 2.77. The lowest BCUT2D eigenvalue weighted by molar-refractivity contribution is 0.188. The third-order valence-corrected chi connectivity index (χ3v) is 4.68. The van der Waals surface area contributed by atoms with Crippen molar-refractivity contribution < 1.29 is 0 Å². The van der Waals surface area contributed by atoms with Crippen LogP contribution in [0.2, 0.25) is 0 Å². The van der Waals surface area contributed by atoms with Gasteiger partial charge in [0.1, 0.15) is 5.82 Å². The molecule has 3 nitrogen and oxygen atoms in total. The molecule has 102 valence electrons. The van der Waals surface area contributed by atoms with E-state index in [9.17, 15) is 0 Å². The molecule has 0 saturated heterocycles. The summed E-state index contributed by atoms with van der Waals surface area (Å²) in [5, 5.41) is 3.48. The summed E-state index contributed by atoms with van der Waals surface area (Å²) in [6.07, 6.45) is 9.37. The van der Waals surface area contributed by atoms with Crippen LogP contribution in [0.5, 0.6) is 0 Å². The number of aryl methyl sites for hydroxylation is 1. The molecule has 1 aliphatic rings. The highest BCUT2D eigenvalue weighted by atomic mass is 15.1. The molecule has 2 rings (SSSR count). The molecule has 0 aromatic carbocycles. The van der Waals surface area contributed by atoms with Gasteiger partial charge in [0.2, 0.25) is 0 Å². The Morgan fingerprint density at radius 3 is 2.28 bits per heavy atom. The van der Waals surface area contributed by atoms with E-state index in [-0.39, 0.29) is 0 Å². The average Bonchev–Trinajstić information content (AvgIpc) is 2.78. The van der Waals surface area contributed by atoms with Gasteiger partial charge in [-0.15, -0.1) is 0 Å². The van der Waals surface area contributed by atoms with Crippen molar-refractivity contribution >= 4 is 0 Å². The van der Waals surface area contributed by atoms with E-state index in [2.05, 4.69) is 42.8 Å². The second kappa shape index (κ2) is 5.87. The Hall–Kier alpha value is -0.830. The molecule has 1 aromatic heterocycles. The van der Waals surface area contributed by atoms with Crippen LogP contribution in [0.4, 0.5) is 0 Å². The van der Waals surface area contributed by atoms with Crippen molar-refractivity contribution in [1.29, 1.82) is 0 Å². The van der Waals surface area contributed by atoms with Crippen LogP contribution in [-0.2, 0) is 7.05 Å². The molecule has 1 heterocycles. The zero-order valence-electron chi connectivity index (χ0n) is 12.2. The highest BCUT2D eigenvalue weighted by molar-refractivity contribution is 5.01. The molecule has 0 amide bonds. The average molecular weight is 249 g/mol. The first-order valence-corrected chi connectivity index (χ1v) is 7.28. The van der Waals surface area contributed by atoms with Crippen molar-refractivity contribution in [2.45, 2.75) is 45.6 Å². The van der Waals surface area contributed by atoms with Gasteiger partial charge in [0.25, 0.3) is 0 Å². The number of nitrogens with zero attached hydrogens (tertiary/aromatic N) is 2. The van der Waals surface area contributed by atoms with Gasteiger partial charge in [-0.1, -0.05) is 13.8 Å². The smallest absolute Gasteiger partial charge is 0.125 e. The van der Waals surface area contributed by atoms with Crippen LogP contribution in [-0.4, -0.2) is 16.6 Å². The maximum Gasteiger partial charge on any atom is 0.125 e. The van der Waals surface area contributed by atoms with Gasteiger partial charge >= 0.3 is 0 Å². The van der Waals surface area contributed by atoms with E-state index < -0.39 is 0 Å². The van der Waals surface area contributed by atoms with Crippen LogP contribution >= 0.6 is 0 Å². The van der Waals surface area contributed by atoms with E-state index in [1.165, 1.54) is 31.5 Å². The molecule has 1 fully saturated rings. The van der Waals surface area contributed by atoms with Gasteiger partial charge in [-0.3, -0.25) is 0 Å². The molecule has 1 saturated carbocycles. The first-order valence-electron chi connectivity index (χ1n) is 7.28. The molecule has 0 bridgehead atoms. The molecule has 1 aromatic rings. The quantitative estimate of drug-likeness (QED) is 0.888. The second-order valence-corrected chi connectivity index (χ2v) is 6.08. The number of nitrogens with one attached hydrogen (secondary N) is 1. The van der Waals surface area contributed by atoms with Gasteiger partial charge in [0, 0.05) is 19.4 Å². The summed E-state index contributed by atoms with van der Waals surface area (Å²) >= 11 is 0. The number of aromatic nitrogens is 2. The monoisotopic (exact) mass is 249 g/mol. The number of hydrogen-bond acceptors (Lipinski definition) is 2. The summed E-state index contributed by atoms with van der Waals surface area (Å²) in [5.41, 5.74) is 0. The topological polar surface area (TPSA) is 29.9 Å². The summed E-state index contributed by atoms with van der Waals surface area (Å²) in [7, 11) is 4.15. The molecular weight excluding hydrogens is 222 g/mol. The standard InChI is InChI=1S/C15H27N3/c1-11(2)12-5-7-13(8-6-12)14(16-3)15-17-9-10-18(15)4/h9-14,16H,5-8H2,1-4H3. The highest BCUT2D eigenvalue weighted by Gasteiger charge is 2.30. The van der Waals surface area contributed by atoms with Gasteiger partial charge in [0.15, 0.2) is 0 Å². The summed E-state index contributed by atoms with van der Waals surface area (Å²) in [4.78, 5) is 4.52. The number of rotatable bonds is 4. The predicted molar refractivity (Wildman–Crippen MR) is 75.3 cm³/mol. The minimum Gasteiger partial charge on any atom is -0.337 e. The molecule has 3 heteroatoms. The molecular formula is C15H27N3. The van der Waals surface area contributed by atoms with E-state index in [4.69, 9.17) is 0 Å². The summed E-state index contributed by atoms with van der Waals surface area (Å²) in [6, 6.07) is 0.415. The Morgan fingerprint density at radius 2 is 1.83 bits per heavy atom. The van der Waals surface area contributed by atoms with Gasteiger partial charge in [-0.2, -0.15) is 0 Å². The lowest BCUT2D eigenvalue weighted by Gasteiger charge is -2.35. The van der Waals surface area contributed by atoms with Crippen LogP contribution in [0.1, 0.15) is 51.4 Å². The lowest BCUT2D eigenvalue weighted by atomic mass is 9.74.